The van der Waals surface area contributed by atoms with Gasteiger partial charge in [0, 0.05) is 54.3 Å². The second-order valence-electron chi connectivity index (χ2n) is 8.99. The lowest BCUT2D eigenvalue weighted by Crippen LogP contribution is -2.48. The van der Waals surface area contributed by atoms with Crippen LogP contribution in [0.1, 0.15) is 52.4 Å². The third-order valence-corrected chi connectivity index (χ3v) is 7.18. The molecule has 5 rings (SSSR count). The largest absolute Gasteiger partial charge is 0.496 e. The second-order valence-corrected chi connectivity index (χ2v) is 8.99. The molecule has 0 saturated carbocycles. The number of carboxylic acid groups (broad SMARTS) is 1. The van der Waals surface area contributed by atoms with E-state index in [9.17, 15) is 9.90 Å². The molecule has 2 N–H and O–H groups in total. The summed E-state index contributed by atoms with van der Waals surface area (Å²) in [5.74, 6) is 0.415. The molecule has 168 valence electrons. The Morgan fingerprint density at radius 3 is 2.81 bits per heavy atom. The van der Waals surface area contributed by atoms with Gasteiger partial charge in [0.15, 0.2) is 0 Å². The van der Waals surface area contributed by atoms with Gasteiger partial charge in [0.2, 0.25) is 0 Å². The first kappa shape index (κ1) is 21.0. The van der Waals surface area contributed by atoms with Crippen molar-refractivity contribution < 1.29 is 19.4 Å². The van der Waals surface area contributed by atoms with E-state index >= 15 is 0 Å². The van der Waals surface area contributed by atoms with E-state index in [1.54, 1.807) is 19.2 Å². The number of aromatic carboxylic acids is 1. The maximum Gasteiger partial charge on any atom is 0.335 e. The van der Waals surface area contributed by atoms with Crippen molar-refractivity contribution in [1.29, 1.82) is 0 Å². The van der Waals surface area contributed by atoms with Crippen LogP contribution < -0.4 is 4.74 Å². The number of ether oxygens (including phenoxy) is 2. The van der Waals surface area contributed by atoms with Crippen molar-refractivity contribution in [2.24, 2.45) is 5.92 Å². The number of nitrogens with zero attached hydrogens (tertiary/aromatic N) is 1. The Balaban J connectivity index is 1.54. The zero-order valence-electron chi connectivity index (χ0n) is 18.6. The van der Waals surface area contributed by atoms with Crippen LogP contribution in [-0.4, -0.2) is 47.3 Å². The van der Waals surface area contributed by atoms with Gasteiger partial charge >= 0.3 is 5.97 Å². The molecule has 6 nitrogen and oxygen atoms in total. The molecule has 2 unspecified atom stereocenters. The van der Waals surface area contributed by atoms with Gasteiger partial charge in [0.05, 0.1) is 18.8 Å². The summed E-state index contributed by atoms with van der Waals surface area (Å²) in [5, 5.41) is 10.5. The van der Waals surface area contributed by atoms with E-state index in [-0.39, 0.29) is 12.1 Å². The normalized spacial score (nSPS) is 23.8. The quantitative estimate of drug-likeness (QED) is 0.596. The molecule has 0 bridgehead atoms. The molecule has 3 aromatic rings. The molecule has 2 aliphatic rings. The highest BCUT2D eigenvalue weighted by Crippen LogP contribution is 2.44. The zero-order chi connectivity index (χ0) is 22.2. The van der Waals surface area contributed by atoms with E-state index in [1.165, 1.54) is 16.5 Å². The van der Waals surface area contributed by atoms with Gasteiger partial charge in [0.25, 0.3) is 0 Å². The van der Waals surface area contributed by atoms with Gasteiger partial charge in [-0.15, -0.1) is 0 Å². The summed E-state index contributed by atoms with van der Waals surface area (Å²) in [4.78, 5) is 17.3. The number of fused-ring (bicyclic) bond motifs is 2. The van der Waals surface area contributed by atoms with Gasteiger partial charge in [-0.1, -0.05) is 12.1 Å². The third kappa shape index (κ3) is 3.67. The summed E-state index contributed by atoms with van der Waals surface area (Å²) < 4.78 is 12.0. The SMILES string of the molecule is COc1cc(C)c2[nH]ccc2c1CN1CCC2OCCCC2[C@H]1c1ccc(C(=O)O)cc1. The molecule has 2 aromatic carbocycles. The first-order valence-corrected chi connectivity index (χ1v) is 11.4. The summed E-state index contributed by atoms with van der Waals surface area (Å²) in [6, 6.07) is 11.8. The minimum Gasteiger partial charge on any atom is -0.496 e. The molecule has 0 radical (unpaired) electrons. The van der Waals surface area contributed by atoms with Gasteiger partial charge < -0.3 is 19.6 Å². The molecule has 0 amide bonds. The number of likely N-dealkylation sites (tertiary alicyclic amines) is 1. The highest BCUT2D eigenvalue weighted by Gasteiger charge is 2.41. The zero-order valence-corrected chi connectivity index (χ0v) is 18.6. The molecule has 3 heterocycles. The average Bonchev–Trinajstić information content (AvgIpc) is 3.31. The molecule has 6 heteroatoms. The minimum atomic E-state index is -0.893. The third-order valence-electron chi connectivity index (χ3n) is 7.18. The number of aromatic amines is 1. The van der Waals surface area contributed by atoms with Crippen LogP contribution in [0.25, 0.3) is 10.9 Å². The number of piperidine rings is 1. The highest BCUT2D eigenvalue weighted by atomic mass is 16.5. The molecular formula is C26H30N2O4. The minimum absolute atomic E-state index is 0.178. The van der Waals surface area contributed by atoms with Gasteiger partial charge in [-0.05, 0) is 61.6 Å². The van der Waals surface area contributed by atoms with Crippen molar-refractivity contribution in [3.8, 4) is 5.75 Å². The summed E-state index contributed by atoms with van der Waals surface area (Å²) in [6.45, 7) is 4.63. The van der Waals surface area contributed by atoms with Crippen molar-refractivity contribution in [1.82, 2.24) is 9.88 Å². The average molecular weight is 435 g/mol. The van der Waals surface area contributed by atoms with E-state index in [4.69, 9.17) is 9.47 Å². The van der Waals surface area contributed by atoms with E-state index in [2.05, 4.69) is 28.9 Å². The molecule has 2 fully saturated rings. The molecular weight excluding hydrogens is 404 g/mol. The number of hydrogen-bond acceptors (Lipinski definition) is 4. The number of carbonyl (C=O) groups is 1. The topological polar surface area (TPSA) is 74.8 Å². The molecule has 2 aliphatic heterocycles. The maximum atomic E-state index is 11.4. The fraction of sp³-hybridized carbons (Fsp3) is 0.423. The number of hydrogen-bond donors (Lipinski definition) is 2. The van der Waals surface area contributed by atoms with Crippen LogP contribution in [0.15, 0.2) is 42.6 Å². The number of aryl methyl sites for hydroxylation is 1. The van der Waals surface area contributed by atoms with Crippen LogP contribution in [0.3, 0.4) is 0 Å². The van der Waals surface area contributed by atoms with Crippen molar-refractivity contribution in [3.63, 3.8) is 0 Å². The summed E-state index contributed by atoms with van der Waals surface area (Å²) in [7, 11) is 1.74. The van der Waals surface area contributed by atoms with Crippen molar-refractivity contribution in [3.05, 3.63) is 64.8 Å². The Labute approximate surface area is 188 Å². The maximum absolute atomic E-state index is 11.4. The van der Waals surface area contributed by atoms with Gasteiger partial charge in [-0.25, -0.2) is 4.79 Å². The van der Waals surface area contributed by atoms with Crippen LogP contribution in [0.4, 0.5) is 0 Å². The Morgan fingerprint density at radius 1 is 1.25 bits per heavy atom. The fourth-order valence-electron chi connectivity index (χ4n) is 5.67. The molecule has 3 atom stereocenters. The smallest absolute Gasteiger partial charge is 0.335 e. The molecule has 0 spiro atoms. The van der Waals surface area contributed by atoms with Crippen LogP contribution in [0.5, 0.6) is 5.75 Å². The summed E-state index contributed by atoms with van der Waals surface area (Å²) in [6.07, 6.45) is 5.45. The monoisotopic (exact) mass is 434 g/mol. The number of aromatic nitrogens is 1. The number of methoxy groups -OCH3 is 1. The van der Waals surface area contributed by atoms with Crippen molar-refractivity contribution in [2.75, 3.05) is 20.3 Å². The summed E-state index contributed by atoms with van der Waals surface area (Å²) in [5.41, 5.74) is 5.00. The standard InChI is InChI=1S/C26H30N2O4/c1-16-14-23(31-2)21(19-9-11-27-24(16)19)15-28-12-10-22-20(4-3-13-32-22)25(28)17-5-7-18(8-6-17)26(29)30/h5-9,11,14,20,22,25,27H,3-4,10,12-13,15H2,1-2H3,(H,29,30)/t20?,22?,25-/m1/s1. The lowest BCUT2D eigenvalue weighted by Gasteiger charge is -2.48. The summed E-state index contributed by atoms with van der Waals surface area (Å²) >= 11 is 0. The predicted octanol–water partition coefficient (Wildman–Crippen LogP) is 4.93. The second kappa shape index (κ2) is 8.60. The van der Waals surface area contributed by atoms with E-state index in [1.807, 2.05) is 18.3 Å². The van der Waals surface area contributed by atoms with Gasteiger partial charge in [-0.3, -0.25) is 4.90 Å². The Hall–Kier alpha value is -2.83. The van der Waals surface area contributed by atoms with Gasteiger partial charge in [-0.2, -0.15) is 0 Å². The number of nitrogens with one attached hydrogen (secondary N) is 1. The number of carboxylic acids is 1. The highest BCUT2D eigenvalue weighted by molar-refractivity contribution is 5.88. The number of benzene rings is 2. The van der Waals surface area contributed by atoms with Crippen molar-refractivity contribution >= 4 is 16.9 Å². The van der Waals surface area contributed by atoms with Crippen LogP contribution in [0.2, 0.25) is 0 Å². The van der Waals surface area contributed by atoms with Crippen molar-refractivity contribution in [2.45, 2.75) is 44.9 Å². The molecule has 32 heavy (non-hydrogen) atoms. The lowest BCUT2D eigenvalue weighted by molar-refractivity contribution is -0.0959. The fourth-order valence-corrected chi connectivity index (χ4v) is 5.67. The first-order chi connectivity index (χ1) is 15.6. The first-order valence-electron chi connectivity index (χ1n) is 11.4. The van der Waals surface area contributed by atoms with E-state index in [0.29, 0.717) is 11.5 Å². The number of rotatable bonds is 5. The van der Waals surface area contributed by atoms with Crippen LogP contribution in [-0.2, 0) is 11.3 Å². The number of H-pyrrole nitrogens is 1. The lowest BCUT2D eigenvalue weighted by atomic mass is 9.78. The van der Waals surface area contributed by atoms with E-state index < -0.39 is 5.97 Å². The van der Waals surface area contributed by atoms with Gasteiger partial charge in [0.1, 0.15) is 5.75 Å². The molecule has 1 aromatic heterocycles. The Bertz CT molecular complexity index is 1120. The van der Waals surface area contributed by atoms with Crippen LogP contribution >= 0.6 is 0 Å². The van der Waals surface area contributed by atoms with E-state index in [0.717, 1.165) is 55.8 Å². The molecule has 2 saturated heterocycles. The predicted molar refractivity (Wildman–Crippen MR) is 123 cm³/mol. The van der Waals surface area contributed by atoms with Crippen LogP contribution in [0, 0.1) is 12.8 Å². The Kier molecular flexibility index (Phi) is 5.66. The Morgan fingerprint density at radius 2 is 2.06 bits per heavy atom. The molecule has 0 aliphatic carbocycles.